The lowest BCUT2D eigenvalue weighted by molar-refractivity contribution is 0.425. The van der Waals surface area contributed by atoms with E-state index < -0.39 is 7.12 Å². The average Bonchev–Trinajstić information content (AvgIpc) is 2.05. The van der Waals surface area contributed by atoms with Gasteiger partial charge in [-0.2, -0.15) is 0 Å². The van der Waals surface area contributed by atoms with E-state index in [9.17, 15) is 0 Å². The molecule has 0 bridgehead atoms. The lowest BCUT2D eigenvalue weighted by Crippen LogP contribution is -2.30. The second kappa shape index (κ2) is 4.14. The number of hydrogen-bond acceptors (Lipinski definition) is 4. The second-order valence-corrected chi connectivity index (χ2v) is 3.34. The Morgan fingerprint density at radius 3 is 2.75 bits per heavy atom. The number of pyridine rings is 1. The molecule has 2 N–H and O–H groups in total. The fraction of sp³-hybridized carbons (Fsp3) is 0.167. The van der Waals surface area contributed by atoms with Gasteiger partial charge in [-0.05, 0) is 12.3 Å². The molecule has 0 saturated carbocycles. The maximum absolute atomic E-state index is 8.80. The molecule has 0 aromatic carbocycles. The maximum atomic E-state index is 8.80. The van der Waals surface area contributed by atoms with Crippen LogP contribution in [0.5, 0.6) is 0 Å². The molecule has 0 fully saturated rings. The van der Waals surface area contributed by atoms with Gasteiger partial charge in [0.05, 0.1) is 0 Å². The van der Waals surface area contributed by atoms with E-state index in [1.165, 1.54) is 18.0 Å². The molecule has 1 heterocycles. The Morgan fingerprint density at radius 1 is 1.58 bits per heavy atom. The van der Waals surface area contributed by atoms with Crippen molar-refractivity contribution in [3.05, 3.63) is 17.4 Å². The number of hydrogen-bond donors (Lipinski definition) is 2. The summed E-state index contributed by atoms with van der Waals surface area (Å²) in [5.41, 5.74) is 0.351. The molecule has 0 spiro atoms. The van der Waals surface area contributed by atoms with Crippen LogP contribution in [0.2, 0.25) is 5.15 Å². The topological polar surface area (TPSA) is 53.4 Å². The highest BCUT2D eigenvalue weighted by Gasteiger charge is 2.13. The molecule has 3 nitrogen and oxygen atoms in total. The molecule has 0 atom stereocenters. The van der Waals surface area contributed by atoms with E-state index in [2.05, 4.69) is 4.98 Å². The summed E-state index contributed by atoms with van der Waals surface area (Å²) in [6, 6.07) is 1.60. The summed E-state index contributed by atoms with van der Waals surface area (Å²) in [4.78, 5) is 4.53. The molecule has 0 aliphatic carbocycles. The fourth-order valence-electron chi connectivity index (χ4n) is 0.727. The summed E-state index contributed by atoms with van der Waals surface area (Å²) in [6.07, 6.45) is 3.18. The van der Waals surface area contributed by atoms with Crippen LogP contribution in [-0.2, 0) is 0 Å². The van der Waals surface area contributed by atoms with E-state index in [0.29, 0.717) is 10.6 Å². The van der Waals surface area contributed by atoms with E-state index in [4.69, 9.17) is 21.6 Å². The molecule has 0 aliphatic heterocycles. The van der Waals surface area contributed by atoms with Crippen LogP contribution in [0.1, 0.15) is 0 Å². The Balaban J connectivity index is 3.05. The lowest BCUT2D eigenvalue weighted by atomic mass is 9.82. The predicted molar refractivity (Wildman–Crippen MR) is 50.9 cm³/mol. The minimum atomic E-state index is -1.49. The molecule has 64 valence electrons. The first-order chi connectivity index (χ1) is 5.65. The van der Waals surface area contributed by atoms with Crippen molar-refractivity contribution in [2.24, 2.45) is 0 Å². The van der Waals surface area contributed by atoms with Crippen molar-refractivity contribution < 1.29 is 10.0 Å². The van der Waals surface area contributed by atoms with Gasteiger partial charge in [-0.25, -0.2) is 4.98 Å². The van der Waals surface area contributed by atoms with Crippen LogP contribution in [0.3, 0.4) is 0 Å². The molecule has 12 heavy (non-hydrogen) atoms. The zero-order chi connectivity index (χ0) is 9.14. The minimum absolute atomic E-state index is 0.351. The minimum Gasteiger partial charge on any atom is -0.423 e. The Hall–Kier alpha value is -0.225. The molecule has 1 aromatic rings. The third kappa shape index (κ3) is 2.14. The number of aromatic nitrogens is 1. The molecule has 1 rings (SSSR count). The van der Waals surface area contributed by atoms with Gasteiger partial charge in [-0.15, -0.1) is 11.8 Å². The van der Waals surface area contributed by atoms with Crippen LogP contribution in [0.15, 0.2) is 17.2 Å². The van der Waals surface area contributed by atoms with Crippen molar-refractivity contribution in [3.8, 4) is 0 Å². The van der Waals surface area contributed by atoms with Crippen LogP contribution in [0.4, 0.5) is 0 Å². The Kier molecular flexibility index (Phi) is 3.40. The fourth-order valence-corrected chi connectivity index (χ4v) is 1.54. The molecule has 0 unspecified atom stereocenters. The Morgan fingerprint density at radius 2 is 2.25 bits per heavy atom. The standard InChI is InChI=1S/C6H7BClNO2S/c1-12-5-2-4(7(10)11)3-9-6(5)8/h2-3,10-11H,1H3. The molecule has 1 aromatic heterocycles. The maximum Gasteiger partial charge on any atom is 0.490 e. The van der Waals surface area contributed by atoms with Gasteiger partial charge >= 0.3 is 7.12 Å². The van der Waals surface area contributed by atoms with Gasteiger partial charge in [0.15, 0.2) is 0 Å². The van der Waals surface area contributed by atoms with Crippen LogP contribution in [-0.4, -0.2) is 28.4 Å². The van der Waals surface area contributed by atoms with Crippen molar-refractivity contribution in [2.45, 2.75) is 4.90 Å². The van der Waals surface area contributed by atoms with Gasteiger partial charge in [0.1, 0.15) is 5.15 Å². The highest BCUT2D eigenvalue weighted by molar-refractivity contribution is 7.98. The number of halogens is 1. The molecule has 0 radical (unpaired) electrons. The number of thioether (sulfide) groups is 1. The van der Waals surface area contributed by atoms with Gasteiger partial charge in [0.25, 0.3) is 0 Å². The zero-order valence-corrected chi connectivity index (χ0v) is 7.93. The number of nitrogens with zero attached hydrogens (tertiary/aromatic N) is 1. The molecule has 0 amide bonds. The first kappa shape index (κ1) is 9.86. The summed E-state index contributed by atoms with van der Waals surface area (Å²) < 4.78 is 0. The smallest absolute Gasteiger partial charge is 0.423 e. The van der Waals surface area contributed by atoms with Gasteiger partial charge in [-0.1, -0.05) is 11.6 Å². The monoisotopic (exact) mass is 203 g/mol. The van der Waals surface area contributed by atoms with Crippen molar-refractivity contribution in [1.82, 2.24) is 4.98 Å². The van der Waals surface area contributed by atoms with Crippen LogP contribution < -0.4 is 5.46 Å². The summed E-state index contributed by atoms with van der Waals surface area (Å²) in [7, 11) is -1.49. The molecule has 0 saturated heterocycles. The first-order valence-electron chi connectivity index (χ1n) is 3.20. The molecular weight excluding hydrogens is 196 g/mol. The van der Waals surface area contributed by atoms with Crippen LogP contribution in [0.25, 0.3) is 0 Å². The normalized spacial score (nSPS) is 10.0. The summed E-state index contributed by atoms with van der Waals surface area (Å²) in [6.45, 7) is 0. The largest absolute Gasteiger partial charge is 0.490 e. The third-order valence-corrected chi connectivity index (χ3v) is 2.51. The first-order valence-corrected chi connectivity index (χ1v) is 4.81. The van der Waals surface area contributed by atoms with Crippen molar-refractivity contribution in [1.29, 1.82) is 0 Å². The van der Waals surface area contributed by atoms with E-state index in [1.54, 1.807) is 6.07 Å². The van der Waals surface area contributed by atoms with Gasteiger partial charge in [0, 0.05) is 16.6 Å². The summed E-state index contributed by atoms with van der Waals surface area (Å²) >= 11 is 7.12. The quantitative estimate of drug-likeness (QED) is 0.408. The van der Waals surface area contributed by atoms with E-state index in [-0.39, 0.29) is 0 Å². The lowest BCUT2D eigenvalue weighted by Gasteiger charge is -2.02. The highest BCUT2D eigenvalue weighted by Crippen LogP contribution is 2.20. The predicted octanol–water partition coefficient (Wildman–Crippen LogP) is 0.137. The van der Waals surface area contributed by atoms with Crippen LogP contribution >= 0.6 is 23.4 Å². The van der Waals surface area contributed by atoms with Crippen molar-refractivity contribution in [3.63, 3.8) is 0 Å². The van der Waals surface area contributed by atoms with E-state index in [0.717, 1.165) is 4.90 Å². The van der Waals surface area contributed by atoms with Gasteiger partial charge in [-0.3, -0.25) is 0 Å². The highest BCUT2D eigenvalue weighted by atomic mass is 35.5. The number of rotatable bonds is 2. The van der Waals surface area contributed by atoms with Gasteiger partial charge in [0.2, 0.25) is 0 Å². The summed E-state index contributed by atoms with van der Waals surface area (Å²) in [5, 5.41) is 18.0. The third-order valence-electron chi connectivity index (χ3n) is 1.35. The summed E-state index contributed by atoms with van der Waals surface area (Å²) in [5.74, 6) is 0. The molecule has 0 aliphatic rings. The molecule has 6 heteroatoms. The van der Waals surface area contributed by atoms with E-state index in [1.807, 2.05) is 6.26 Å². The Labute approximate surface area is 79.9 Å². The zero-order valence-electron chi connectivity index (χ0n) is 6.36. The average molecular weight is 203 g/mol. The second-order valence-electron chi connectivity index (χ2n) is 2.14. The SMILES string of the molecule is CSc1cc(B(O)O)cnc1Cl. The van der Waals surface area contributed by atoms with E-state index >= 15 is 0 Å². The van der Waals surface area contributed by atoms with Gasteiger partial charge < -0.3 is 10.0 Å². The van der Waals surface area contributed by atoms with Crippen LogP contribution in [0, 0.1) is 0 Å². The molecular formula is C6H7BClNO2S. The van der Waals surface area contributed by atoms with Crippen molar-refractivity contribution >= 4 is 35.9 Å². The van der Waals surface area contributed by atoms with Crippen molar-refractivity contribution in [2.75, 3.05) is 6.26 Å². The Bertz CT molecular complexity index is 284.